The fourth-order valence-electron chi connectivity index (χ4n) is 5.14. The van der Waals surface area contributed by atoms with Crippen molar-refractivity contribution in [3.05, 3.63) is 70.8 Å². The van der Waals surface area contributed by atoms with E-state index >= 15 is 0 Å². The molecule has 33 heavy (non-hydrogen) atoms. The van der Waals surface area contributed by atoms with Crippen LogP contribution in [-0.4, -0.2) is 47.9 Å². The Balaban J connectivity index is 1.36. The molecule has 2 fully saturated rings. The van der Waals surface area contributed by atoms with Gasteiger partial charge in [0.2, 0.25) is 11.8 Å². The van der Waals surface area contributed by atoms with Crippen molar-refractivity contribution in [2.45, 2.75) is 44.1 Å². The van der Waals surface area contributed by atoms with Crippen molar-refractivity contribution < 1.29 is 19.1 Å². The first-order valence-corrected chi connectivity index (χ1v) is 11.4. The lowest BCUT2D eigenvalue weighted by Crippen LogP contribution is -2.52. The van der Waals surface area contributed by atoms with Crippen LogP contribution in [0.3, 0.4) is 0 Å². The number of carbonyl (C=O) groups excluding carboxylic acids is 3. The monoisotopic (exact) mass is 448 g/mol. The molecule has 0 radical (unpaired) electrons. The largest absolute Gasteiger partial charge is 0.379 e. The molecule has 3 aliphatic rings. The van der Waals surface area contributed by atoms with Gasteiger partial charge in [0.15, 0.2) is 0 Å². The maximum absolute atomic E-state index is 13.1. The van der Waals surface area contributed by atoms with Crippen LogP contribution in [0.1, 0.15) is 45.9 Å². The van der Waals surface area contributed by atoms with Gasteiger partial charge >= 0.3 is 0 Å². The van der Waals surface area contributed by atoms with E-state index in [0.717, 1.165) is 16.7 Å². The summed E-state index contributed by atoms with van der Waals surface area (Å²) in [5.74, 6) is -0.698. The minimum absolute atomic E-state index is 0.0166. The Morgan fingerprint density at radius 3 is 2.64 bits per heavy atom. The molecule has 2 unspecified atom stereocenters. The highest BCUT2D eigenvalue weighted by Crippen LogP contribution is 2.32. The summed E-state index contributed by atoms with van der Waals surface area (Å²) >= 11 is 0. The van der Waals surface area contributed by atoms with E-state index in [2.05, 4.69) is 22.8 Å². The highest BCUT2D eigenvalue weighted by atomic mass is 16.5. The van der Waals surface area contributed by atoms with Gasteiger partial charge in [-0.25, -0.2) is 0 Å². The van der Waals surface area contributed by atoms with E-state index in [0.29, 0.717) is 38.3 Å². The van der Waals surface area contributed by atoms with Gasteiger partial charge in [0.25, 0.3) is 5.91 Å². The number of carbonyl (C=O) groups is 3. The van der Waals surface area contributed by atoms with Crippen LogP contribution in [0.15, 0.2) is 48.5 Å². The zero-order valence-electron chi connectivity index (χ0n) is 18.3. The summed E-state index contributed by atoms with van der Waals surface area (Å²) in [7, 11) is 0. The molecular weight excluding hydrogens is 420 g/mol. The summed E-state index contributed by atoms with van der Waals surface area (Å²) < 4.78 is 5.63. The second-order valence-electron chi connectivity index (χ2n) is 8.98. The van der Waals surface area contributed by atoms with Gasteiger partial charge in [-0.2, -0.15) is 0 Å². The molecule has 0 saturated carbocycles. The fraction of sp³-hybridized carbons (Fsp3) is 0.400. The molecule has 0 aliphatic carbocycles. The Bertz CT molecular complexity index is 1070. The normalized spacial score (nSPS) is 25.8. The maximum Gasteiger partial charge on any atom is 0.255 e. The summed E-state index contributed by atoms with van der Waals surface area (Å²) in [6, 6.07) is 15.3. The Hall–Kier alpha value is -3.07. The molecule has 2 aromatic rings. The average Bonchev–Trinajstić information content (AvgIpc) is 3.39. The highest BCUT2D eigenvalue weighted by Gasteiger charge is 2.40. The standard InChI is InChI=1S/C25H28N4O4/c26-20-14-33-13-19(20)23(15-5-2-1-3-6-15)27-11-16-7-4-8-17-18(16)12-29(25(17)32)21-9-10-22(30)28-24(21)31/h1-8,19-21,23,27H,9-14,26H2,(H,28,30,31)/t19-,20-,21?,23?/m1/s1. The second-order valence-corrected chi connectivity index (χ2v) is 8.98. The minimum atomic E-state index is -0.617. The predicted octanol–water partition coefficient (Wildman–Crippen LogP) is 1.25. The van der Waals surface area contributed by atoms with Crippen molar-refractivity contribution in [1.82, 2.24) is 15.5 Å². The van der Waals surface area contributed by atoms with E-state index in [9.17, 15) is 14.4 Å². The number of imide groups is 1. The molecule has 4 atom stereocenters. The van der Waals surface area contributed by atoms with Gasteiger partial charge < -0.3 is 20.7 Å². The number of hydrogen-bond donors (Lipinski definition) is 3. The van der Waals surface area contributed by atoms with Gasteiger partial charge in [0.05, 0.1) is 13.2 Å². The van der Waals surface area contributed by atoms with Crippen LogP contribution >= 0.6 is 0 Å². The van der Waals surface area contributed by atoms with Gasteiger partial charge in [-0.05, 0) is 29.2 Å². The second kappa shape index (κ2) is 9.05. The summed E-state index contributed by atoms with van der Waals surface area (Å²) in [5, 5.41) is 6.02. The van der Waals surface area contributed by atoms with Gasteiger partial charge in [0.1, 0.15) is 6.04 Å². The number of fused-ring (bicyclic) bond motifs is 1. The SMILES string of the molecule is N[C@@H]1COC[C@H]1C(NCc1cccc2c1CN(C1CCC(=O)NC1=O)C2=O)c1ccccc1. The van der Waals surface area contributed by atoms with Crippen LogP contribution in [0.2, 0.25) is 0 Å². The van der Waals surface area contributed by atoms with Gasteiger partial charge in [0, 0.05) is 43.1 Å². The molecule has 3 heterocycles. The lowest BCUT2D eigenvalue weighted by molar-refractivity contribution is -0.136. The van der Waals surface area contributed by atoms with Crippen LogP contribution in [0, 0.1) is 5.92 Å². The van der Waals surface area contributed by atoms with Gasteiger partial charge in [-0.15, -0.1) is 0 Å². The number of rotatable bonds is 6. The first-order valence-electron chi connectivity index (χ1n) is 11.4. The lowest BCUT2D eigenvalue weighted by Gasteiger charge is -2.29. The molecule has 172 valence electrons. The summed E-state index contributed by atoms with van der Waals surface area (Å²) in [6.07, 6.45) is 0.598. The molecule has 8 heteroatoms. The third-order valence-corrected chi connectivity index (χ3v) is 6.95. The molecule has 2 aromatic carbocycles. The smallest absolute Gasteiger partial charge is 0.255 e. The van der Waals surface area contributed by atoms with E-state index in [-0.39, 0.29) is 36.2 Å². The molecule has 0 bridgehead atoms. The third-order valence-electron chi connectivity index (χ3n) is 6.95. The Kier molecular flexibility index (Phi) is 5.97. The number of nitrogens with two attached hydrogens (primary N) is 1. The molecule has 5 rings (SSSR count). The molecule has 2 saturated heterocycles. The average molecular weight is 449 g/mol. The van der Waals surface area contributed by atoms with Crippen LogP contribution in [-0.2, 0) is 27.4 Å². The Morgan fingerprint density at radius 1 is 1.09 bits per heavy atom. The lowest BCUT2D eigenvalue weighted by atomic mass is 9.89. The Labute approximate surface area is 192 Å². The first-order chi connectivity index (χ1) is 16.0. The maximum atomic E-state index is 13.1. The van der Waals surface area contributed by atoms with Crippen molar-refractivity contribution >= 4 is 17.7 Å². The molecule has 0 spiro atoms. The molecule has 0 aromatic heterocycles. The summed E-state index contributed by atoms with van der Waals surface area (Å²) in [5.41, 5.74) is 10.1. The fourth-order valence-corrected chi connectivity index (χ4v) is 5.14. The highest BCUT2D eigenvalue weighted by molar-refractivity contribution is 6.05. The number of benzene rings is 2. The quantitative estimate of drug-likeness (QED) is 0.574. The van der Waals surface area contributed by atoms with Crippen molar-refractivity contribution in [1.29, 1.82) is 0 Å². The van der Waals surface area contributed by atoms with Crippen LogP contribution in [0.25, 0.3) is 0 Å². The minimum Gasteiger partial charge on any atom is -0.379 e. The van der Waals surface area contributed by atoms with E-state index in [4.69, 9.17) is 10.5 Å². The molecule has 4 N–H and O–H groups in total. The van der Waals surface area contributed by atoms with E-state index < -0.39 is 11.9 Å². The number of hydrogen-bond acceptors (Lipinski definition) is 6. The first kappa shape index (κ1) is 21.8. The van der Waals surface area contributed by atoms with Crippen LogP contribution < -0.4 is 16.4 Å². The number of piperidine rings is 1. The van der Waals surface area contributed by atoms with Crippen molar-refractivity contribution in [2.75, 3.05) is 13.2 Å². The molecule has 3 aliphatic heterocycles. The van der Waals surface area contributed by atoms with E-state index in [1.54, 1.807) is 4.90 Å². The van der Waals surface area contributed by atoms with Crippen LogP contribution in [0.5, 0.6) is 0 Å². The van der Waals surface area contributed by atoms with Gasteiger partial charge in [-0.3, -0.25) is 19.7 Å². The zero-order chi connectivity index (χ0) is 22.9. The van der Waals surface area contributed by atoms with Crippen molar-refractivity contribution in [3.8, 4) is 0 Å². The number of ether oxygens (including phenoxy) is 1. The predicted molar refractivity (Wildman–Crippen MR) is 121 cm³/mol. The van der Waals surface area contributed by atoms with Gasteiger partial charge in [-0.1, -0.05) is 42.5 Å². The summed E-state index contributed by atoms with van der Waals surface area (Å²) in [4.78, 5) is 38.6. The molecule has 3 amide bonds. The number of nitrogens with one attached hydrogen (secondary N) is 2. The Morgan fingerprint density at radius 2 is 1.91 bits per heavy atom. The van der Waals surface area contributed by atoms with E-state index in [1.165, 1.54) is 0 Å². The molecular formula is C25H28N4O4. The third kappa shape index (κ3) is 4.17. The molecule has 8 nitrogen and oxygen atoms in total. The number of nitrogens with zero attached hydrogens (tertiary/aromatic N) is 1. The number of amides is 3. The van der Waals surface area contributed by atoms with Crippen molar-refractivity contribution in [3.63, 3.8) is 0 Å². The van der Waals surface area contributed by atoms with E-state index in [1.807, 2.05) is 36.4 Å². The van der Waals surface area contributed by atoms with Crippen molar-refractivity contribution in [2.24, 2.45) is 11.7 Å². The zero-order valence-corrected chi connectivity index (χ0v) is 18.3. The topological polar surface area (TPSA) is 114 Å². The van der Waals surface area contributed by atoms with Crippen LogP contribution in [0.4, 0.5) is 0 Å². The summed E-state index contributed by atoms with van der Waals surface area (Å²) in [6.45, 7) is 2.07.